The van der Waals surface area contributed by atoms with E-state index in [0.29, 0.717) is 50.5 Å². The number of ether oxygens (including phenoxy) is 1. The van der Waals surface area contributed by atoms with E-state index in [9.17, 15) is 5.48 Å². The van der Waals surface area contributed by atoms with Gasteiger partial charge < -0.3 is 22.9 Å². The number of benzene rings is 10. The minimum absolute atomic E-state index is 0. The molecule has 5 aromatic heterocycles. The molecular weight excluding hydrogens is 1140 g/mol. The van der Waals surface area contributed by atoms with Crippen LogP contribution in [0, 0.1) is 18.5 Å². The van der Waals surface area contributed by atoms with Gasteiger partial charge in [-0.1, -0.05) is 183 Å². The van der Waals surface area contributed by atoms with Crippen LogP contribution in [0.5, 0.6) is 11.5 Å². The summed E-state index contributed by atoms with van der Waals surface area (Å²) in [6, 6.07) is 54.6. The molecule has 0 saturated heterocycles. The molecule has 376 valence electrons. The van der Waals surface area contributed by atoms with Crippen molar-refractivity contribution in [3.63, 3.8) is 0 Å². The van der Waals surface area contributed by atoms with Crippen LogP contribution >= 0.6 is 0 Å². The summed E-state index contributed by atoms with van der Waals surface area (Å²) in [7, 11) is 0. The maximum Gasteiger partial charge on any atom is 0.268 e. The van der Waals surface area contributed by atoms with Crippen LogP contribution in [-0.2, 0) is 26.5 Å². The molecule has 78 heavy (non-hydrogen) atoms. The van der Waals surface area contributed by atoms with Crippen LogP contribution < -0.4 is 9.30 Å². The molecule has 0 saturated carbocycles. The van der Waals surface area contributed by atoms with E-state index in [1.54, 1.807) is 27.3 Å². The monoisotopic (exact) mass is 1190 g/mol. The largest absolute Gasteiger partial charge is 0.508 e. The van der Waals surface area contributed by atoms with Crippen LogP contribution in [-0.4, -0.2) is 18.7 Å². The zero-order chi connectivity index (χ0) is 60.1. The predicted octanol–water partition coefficient (Wildman–Crippen LogP) is 17.2. The second-order valence-electron chi connectivity index (χ2n) is 20.0. The van der Waals surface area contributed by atoms with Gasteiger partial charge in [0.2, 0.25) is 0 Å². The van der Waals surface area contributed by atoms with Gasteiger partial charge >= 0.3 is 0 Å². The molecule has 0 fully saturated rings. The second kappa shape index (κ2) is 18.5. The summed E-state index contributed by atoms with van der Waals surface area (Å²) in [4.78, 5) is 4.96. The fraction of sp³-hybridized carbons (Fsp3) is 0.0571. The van der Waals surface area contributed by atoms with Crippen molar-refractivity contribution < 1.29 is 48.5 Å². The van der Waals surface area contributed by atoms with E-state index in [2.05, 4.69) is 96.9 Å². The van der Waals surface area contributed by atoms with Gasteiger partial charge in [-0.2, -0.15) is 12.1 Å². The van der Waals surface area contributed by atoms with Gasteiger partial charge in [-0.15, -0.1) is 24.3 Å². The van der Waals surface area contributed by atoms with Gasteiger partial charge in [-0.05, 0) is 98.5 Å². The van der Waals surface area contributed by atoms with Gasteiger partial charge in [-0.3, -0.25) is 4.57 Å². The van der Waals surface area contributed by atoms with Crippen molar-refractivity contribution in [3.05, 3.63) is 254 Å². The summed E-state index contributed by atoms with van der Waals surface area (Å²) >= 11 is 0. The van der Waals surface area contributed by atoms with Crippen molar-refractivity contribution in [1.82, 2.24) is 18.7 Å². The second-order valence-corrected chi connectivity index (χ2v) is 20.0. The molecule has 0 spiro atoms. The number of furan rings is 1. The van der Waals surface area contributed by atoms with Crippen molar-refractivity contribution in [2.45, 2.75) is 26.2 Å². The summed E-state index contributed by atoms with van der Waals surface area (Å²) in [6.07, 6.45) is 5.38. The Hall–Kier alpha value is -9.29. The summed E-state index contributed by atoms with van der Waals surface area (Å²) < 4.78 is 111. The molecule has 0 N–H and O–H groups in total. The van der Waals surface area contributed by atoms with Gasteiger partial charge in [0.1, 0.15) is 17.0 Å². The third-order valence-electron chi connectivity index (χ3n) is 14.5. The third-order valence-corrected chi connectivity index (χ3v) is 14.5. The third kappa shape index (κ3) is 7.60. The number of fused-ring (bicyclic) bond motifs is 10. The van der Waals surface area contributed by atoms with E-state index in [1.165, 1.54) is 0 Å². The number of rotatable bonds is 8. The van der Waals surface area contributed by atoms with E-state index in [-0.39, 0.29) is 54.4 Å². The Bertz CT molecular complexity index is 5270. The minimum atomic E-state index is -0.593. The van der Waals surface area contributed by atoms with Crippen LogP contribution in [0.3, 0.4) is 0 Å². The summed E-state index contributed by atoms with van der Waals surface area (Å²) in [5, 5.41) is 5.55. The molecule has 5 heterocycles. The first kappa shape index (κ1) is 37.5. The van der Waals surface area contributed by atoms with Gasteiger partial charge in [0.25, 0.3) is 6.33 Å². The topological polar surface area (TPSA) is 53.9 Å². The fourth-order valence-corrected chi connectivity index (χ4v) is 10.9. The maximum atomic E-state index is 9.29. The Labute approximate surface area is 478 Å². The Balaban J connectivity index is 0.00000680. The molecule has 0 aliphatic rings. The predicted molar refractivity (Wildman–Crippen MR) is 311 cm³/mol. The Kier molecular flexibility index (Phi) is 8.87. The Morgan fingerprint density at radius 3 is 1.82 bits per heavy atom. The average molecular weight is 1200 g/mol. The first-order valence-electron chi connectivity index (χ1n) is 30.2. The van der Waals surface area contributed by atoms with E-state index < -0.39 is 60.4 Å². The van der Waals surface area contributed by atoms with E-state index >= 15 is 0 Å². The Morgan fingerprint density at radius 1 is 0.551 bits per heavy atom. The van der Waals surface area contributed by atoms with E-state index in [1.807, 2.05) is 103 Å². The fourth-order valence-electron chi connectivity index (χ4n) is 10.9. The number of para-hydroxylation sites is 5. The van der Waals surface area contributed by atoms with Crippen LogP contribution in [0.25, 0.3) is 122 Å². The number of hydrogen-bond donors (Lipinski definition) is 0. The quantitative estimate of drug-likeness (QED) is 0.113. The molecule has 15 aromatic rings. The van der Waals surface area contributed by atoms with Crippen LogP contribution in [0.1, 0.15) is 40.0 Å². The molecule has 0 unspecified atom stereocenters. The number of imidazole rings is 1. The van der Waals surface area contributed by atoms with Gasteiger partial charge in [0.05, 0.1) is 30.4 Å². The normalized spacial score (nSPS) is 13.7. The summed E-state index contributed by atoms with van der Waals surface area (Å²) in [6.45, 7) is 6.53. The molecule has 0 atom stereocenters. The average Bonchev–Trinajstić information content (AvgIpc) is 1.52. The molecule has 8 heteroatoms. The number of pyridine rings is 1. The minimum Gasteiger partial charge on any atom is -0.508 e. The van der Waals surface area contributed by atoms with E-state index in [4.69, 9.17) is 22.4 Å². The number of nitrogens with zero attached hydrogens (tertiary/aromatic N) is 5. The molecule has 0 aliphatic carbocycles. The zero-order valence-corrected chi connectivity index (χ0v) is 44.3. The van der Waals surface area contributed by atoms with Crippen LogP contribution in [0.15, 0.2) is 235 Å². The maximum absolute atomic E-state index is 9.29. The smallest absolute Gasteiger partial charge is 0.268 e. The molecule has 7 nitrogen and oxygen atoms in total. The molecule has 10 aromatic carbocycles. The van der Waals surface area contributed by atoms with Gasteiger partial charge in [0, 0.05) is 76.9 Å². The first-order valence-corrected chi connectivity index (χ1v) is 25.2. The van der Waals surface area contributed by atoms with Crippen molar-refractivity contribution in [2.24, 2.45) is 0 Å². The van der Waals surface area contributed by atoms with Gasteiger partial charge in [0.15, 0.2) is 0 Å². The van der Waals surface area contributed by atoms with Crippen molar-refractivity contribution >= 4 is 76.6 Å². The molecule has 0 amide bonds. The van der Waals surface area contributed by atoms with Crippen molar-refractivity contribution in [2.75, 3.05) is 0 Å². The van der Waals surface area contributed by atoms with E-state index in [0.717, 1.165) is 60.4 Å². The van der Waals surface area contributed by atoms with Crippen LogP contribution in [0.2, 0.25) is 0 Å². The summed E-state index contributed by atoms with van der Waals surface area (Å²) in [5.41, 5.74) is 7.77. The first-order chi connectivity index (χ1) is 42.0. The SMILES string of the molecule is [2H]c1c([2H])c([2H])c(-c2cccc(-c3c([2H])c([2H])c([2H])c([2H])c3[2H])c2-[n+]2[c-]n(-c3[c-]c(Oc4[c-]c5c(cc4-n4c6ccccc6c6ccccc64)c4ccccc4n5-c4cc(C(C)(C)C)ccn4)ccc3)c3cc4oc5ccccc5c4cc32)c([2H])c1[2H].[Pt]. The molecule has 0 bridgehead atoms. The number of hydrogen-bond acceptors (Lipinski definition) is 3. The summed E-state index contributed by atoms with van der Waals surface area (Å²) in [5.74, 6) is 1.40. The number of aromatic nitrogens is 5. The molecule has 0 radical (unpaired) electrons. The molecule has 0 aliphatic heterocycles. The van der Waals surface area contributed by atoms with Crippen molar-refractivity contribution in [3.8, 4) is 56.6 Å². The Morgan fingerprint density at radius 2 is 1.15 bits per heavy atom. The zero-order valence-electron chi connectivity index (χ0n) is 52.0. The molecular formula is C70H47N5O2Pt-2. The van der Waals surface area contributed by atoms with Gasteiger partial charge in [-0.25, -0.2) is 4.98 Å². The van der Waals surface area contributed by atoms with Crippen molar-refractivity contribution in [1.29, 1.82) is 0 Å². The standard InChI is InChI=1S/C70H47N5O2.Pt/c1-70(2,3)47-36-37-71-68(38-47)75-60-34-16-12-28-54(60)56-40-64(74-58-32-14-10-26-52(58)53-27-11-15-33-59(53)74)67(42-61(56)75)76-49-25-18-24-48(39-49)72-44-73(62-41-57-55-29-13-17-35-65(55)77-66(57)43-63(62)72)69-50(45-20-6-4-7-21-45)30-19-31-51(69)46-22-8-5-9-23-46;/h4-38,40-41,43H,1-3H3;/q-2;/i4D,5D,6D,7D,8D,9D,20D,21D,22D,23D;. The van der Waals surface area contributed by atoms with Crippen LogP contribution in [0.4, 0.5) is 0 Å². The molecule has 15 rings (SSSR count).